The Balaban J connectivity index is 1.66. The molecule has 3 aromatic rings. The van der Waals surface area contributed by atoms with Crippen LogP contribution in [0, 0.1) is 0 Å². The number of carbonyl (C=O) groups excluding carboxylic acids is 1. The maximum atomic E-state index is 12.0. The molecule has 6 heteroatoms. The van der Waals surface area contributed by atoms with Gasteiger partial charge in [-0.2, -0.15) is 0 Å². The third-order valence-electron chi connectivity index (χ3n) is 3.68. The Morgan fingerprint density at radius 2 is 1.96 bits per heavy atom. The highest BCUT2D eigenvalue weighted by Gasteiger charge is 2.11. The Morgan fingerprint density at radius 1 is 1.21 bits per heavy atom. The number of hydrogen-bond acceptors (Lipinski definition) is 4. The number of rotatable bonds is 6. The second-order valence-electron chi connectivity index (χ2n) is 5.41. The maximum Gasteiger partial charge on any atom is 0.419 e. The van der Waals surface area contributed by atoms with Crippen molar-refractivity contribution < 1.29 is 13.9 Å². The van der Waals surface area contributed by atoms with E-state index in [1.54, 1.807) is 47.0 Å². The van der Waals surface area contributed by atoms with Crippen molar-refractivity contribution >= 4 is 28.5 Å². The average molecular weight is 346 g/mol. The Hall–Kier alpha value is -2.53. The van der Waals surface area contributed by atoms with Crippen molar-refractivity contribution in [3.63, 3.8) is 0 Å². The van der Waals surface area contributed by atoms with Crippen LogP contribution in [-0.2, 0) is 6.54 Å². The van der Waals surface area contributed by atoms with Gasteiger partial charge in [0.15, 0.2) is 11.4 Å². The fourth-order valence-electron chi connectivity index (χ4n) is 2.44. The van der Waals surface area contributed by atoms with Crippen molar-refractivity contribution in [3.8, 4) is 5.75 Å². The Labute approximate surface area is 143 Å². The van der Waals surface area contributed by atoms with Gasteiger partial charge in [0.25, 0.3) is 0 Å². The number of nitrogens with zero attached hydrogens (tertiary/aromatic N) is 1. The molecule has 0 unspecified atom stereocenters. The third kappa shape index (κ3) is 3.51. The van der Waals surface area contributed by atoms with Crippen LogP contribution in [-0.4, -0.2) is 17.0 Å². The first-order valence-electron chi connectivity index (χ1n) is 7.57. The van der Waals surface area contributed by atoms with E-state index in [2.05, 4.69) is 0 Å². The van der Waals surface area contributed by atoms with Gasteiger partial charge in [0.1, 0.15) is 5.75 Å². The van der Waals surface area contributed by atoms with Crippen molar-refractivity contribution in [2.75, 3.05) is 6.61 Å². The lowest BCUT2D eigenvalue weighted by molar-refractivity contribution is 0.101. The number of ether oxygens (including phenoxy) is 1. The molecule has 0 spiro atoms. The number of aryl methyl sites for hydroxylation is 1. The van der Waals surface area contributed by atoms with Gasteiger partial charge in [-0.3, -0.25) is 9.36 Å². The molecule has 1 aromatic heterocycles. The van der Waals surface area contributed by atoms with E-state index in [1.165, 1.54) is 6.92 Å². The number of hydrogen-bond donors (Lipinski definition) is 0. The van der Waals surface area contributed by atoms with E-state index >= 15 is 0 Å². The molecule has 0 saturated heterocycles. The van der Waals surface area contributed by atoms with Crippen LogP contribution in [0.5, 0.6) is 5.75 Å². The number of fused-ring (bicyclic) bond motifs is 1. The van der Waals surface area contributed by atoms with Gasteiger partial charge in [0.2, 0.25) is 0 Å². The van der Waals surface area contributed by atoms with Crippen molar-refractivity contribution in [1.82, 2.24) is 4.57 Å². The average Bonchev–Trinajstić information content (AvgIpc) is 2.88. The minimum Gasteiger partial charge on any atom is -0.494 e. The zero-order valence-electron chi connectivity index (χ0n) is 13.1. The van der Waals surface area contributed by atoms with Gasteiger partial charge >= 0.3 is 5.76 Å². The van der Waals surface area contributed by atoms with E-state index < -0.39 is 5.76 Å². The SMILES string of the molecule is CC(=O)c1ccc2c(c1)oc(=O)n2CCCOc1ccc(Cl)cc1. The molecule has 0 bridgehead atoms. The number of aromatic nitrogens is 1. The molecule has 124 valence electrons. The van der Waals surface area contributed by atoms with Crippen LogP contribution in [0.25, 0.3) is 11.1 Å². The van der Waals surface area contributed by atoms with Gasteiger partial charge in [-0.25, -0.2) is 4.79 Å². The Kier molecular flexibility index (Phi) is 4.71. The molecule has 1 heterocycles. The van der Waals surface area contributed by atoms with Crippen LogP contribution >= 0.6 is 11.6 Å². The van der Waals surface area contributed by atoms with Crippen molar-refractivity contribution in [2.24, 2.45) is 0 Å². The zero-order valence-corrected chi connectivity index (χ0v) is 13.9. The zero-order chi connectivity index (χ0) is 17.1. The molecule has 24 heavy (non-hydrogen) atoms. The van der Waals surface area contributed by atoms with Crippen LogP contribution in [0.1, 0.15) is 23.7 Å². The summed E-state index contributed by atoms with van der Waals surface area (Å²) in [5, 5.41) is 0.656. The summed E-state index contributed by atoms with van der Waals surface area (Å²) in [6.07, 6.45) is 0.644. The highest BCUT2D eigenvalue weighted by Crippen LogP contribution is 2.17. The van der Waals surface area contributed by atoms with E-state index in [-0.39, 0.29) is 5.78 Å². The van der Waals surface area contributed by atoms with Gasteiger partial charge in [0.05, 0.1) is 12.1 Å². The molecule has 0 fully saturated rings. The topological polar surface area (TPSA) is 61.4 Å². The lowest BCUT2D eigenvalue weighted by atomic mass is 10.1. The molecule has 0 aliphatic heterocycles. The summed E-state index contributed by atoms with van der Waals surface area (Å²) < 4.78 is 12.4. The summed E-state index contributed by atoms with van der Waals surface area (Å²) >= 11 is 5.82. The summed E-state index contributed by atoms with van der Waals surface area (Å²) in [6.45, 7) is 2.41. The first-order chi connectivity index (χ1) is 11.5. The molecule has 0 atom stereocenters. The van der Waals surface area contributed by atoms with E-state index in [1.807, 2.05) is 0 Å². The molecule has 0 aliphatic carbocycles. The van der Waals surface area contributed by atoms with E-state index in [4.69, 9.17) is 20.8 Å². The molecule has 5 nitrogen and oxygen atoms in total. The van der Waals surface area contributed by atoms with Gasteiger partial charge in [-0.1, -0.05) is 11.6 Å². The van der Waals surface area contributed by atoms with Crippen molar-refractivity contribution in [1.29, 1.82) is 0 Å². The molecule has 0 N–H and O–H groups in total. The second kappa shape index (κ2) is 6.93. The second-order valence-corrected chi connectivity index (χ2v) is 5.85. The summed E-state index contributed by atoms with van der Waals surface area (Å²) in [5.41, 5.74) is 1.62. The van der Waals surface area contributed by atoms with Crippen molar-refractivity contribution in [3.05, 3.63) is 63.6 Å². The lowest BCUT2D eigenvalue weighted by Crippen LogP contribution is -2.15. The maximum absolute atomic E-state index is 12.0. The fraction of sp³-hybridized carbons (Fsp3) is 0.222. The normalized spacial score (nSPS) is 10.9. The van der Waals surface area contributed by atoms with Crippen LogP contribution in [0.15, 0.2) is 51.7 Å². The lowest BCUT2D eigenvalue weighted by Gasteiger charge is -2.06. The van der Waals surface area contributed by atoms with Gasteiger partial charge in [-0.05, 0) is 55.8 Å². The highest BCUT2D eigenvalue weighted by atomic mass is 35.5. The molecule has 3 rings (SSSR count). The summed E-state index contributed by atoms with van der Waals surface area (Å²) in [5.74, 6) is 0.232. The van der Waals surface area contributed by atoms with Gasteiger partial charge < -0.3 is 9.15 Å². The molecule has 2 aromatic carbocycles. The molecular formula is C18H16ClNO4. The number of carbonyl (C=O) groups is 1. The summed E-state index contributed by atoms with van der Waals surface area (Å²) in [7, 11) is 0. The van der Waals surface area contributed by atoms with Crippen molar-refractivity contribution in [2.45, 2.75) is 19.9 Å². The largest absolute Gasteiger partial charge is 0.494 e. The fourth-order valence-corrected chi connectivity index (χ4v) is 2.57. The van der Waals surface area contributed by atoms with Crippen LogP contribution in [0.3, 0.4) is 0 Å². The first kappa shape index (κ1) is 16.3. The van der Waals surface area contributed by atoms with Crippen LogP contribution < -0.4 is 10.5 Å². The third-order valence-corrected chi connectivity index (χ3v) is 3.94. The molecule has 0 amide bonds. The predicted molar refractivity (Wildman–Crippen MR) is 92.0 cm³/mol. The Morgan fingerprint density at radius 3 is 2.67 bits per heavy atom. The van der Waals surface area contributed by atoms with Crippen LogP contribution in [0.2, 0.25) is 5.02 Å². The molecule has 0 radical (unpaired) electrons. The smallest absolute Gasteiger partial charge is 0.419 e. The van der Waals surface area contributed by atoms with E-state index in [0.29, 0.717) is 41.3 Å². The highest BCUT2D eigenvalue weighted by molar-refractivity contribution is 6.30. The van der Waals surface area contributed by atoms with E-state index in [9.17, 15) is 9.59 Å². The minimum absolute atomic E-state index is 0.0661. The summed E-state index contributed by atoms with van der Waals surface area (Å²) in [4.78, 5) is 23.4. The minimum atomic E-state index is -0.433. The first-order valence-corrected chi connectivity index (χ1v) is 7.95. The van der Waals surface area contributed by atoms with Crippen LogP contribution in [0.4, 0.5) is 0 Å². The quantitative estimate of drug-likeness (QED) is 0.502. The summed E-state index contributed by atoms with van der Waals surface area (Å²) in [6, 6.07) is 12.1. The van der Waals surface area contributed by atoms with E-state index in [0.717, 1.165) is 5.75 Å². The number of ketones is 1. The number of oxazole rings is 1. The van der Waals surface area contributed by atoms with Gasteiger partial charge in [-0.15, -0.1) is 0 Å². The standard InChI is InChI=1S/C18H16ClNO4/c1-12(21)13-3-8-16-17(11-13)24-18(22)20(16)9-2-10-23-15-6-4-14(19)5-7-15/h3-8,11H,2,9-10H2,1H3. The van der Waals surface area contributed by atoms with Gasteiger partial charge in [0, 0.05) is 17.1 Å². The molecular weight excluding hydrogens is 330 g/mol. The molecule has 0 aliphatic rings. The predicted octanol–water partition coefficient (Wildman–Crippen LogP) is 3.92. The molecule has 0 saturated carbocycles. The Bertz CT molecular complexity index is 924. The monoisotopic (exact) mass is 345 g/mol. The number of benzene rings is 2. The number of Topliss-reactive ketones (excluding diaryl/α,β-unsaturated/α-hetero) is 1. The number of halogens is 1.